The van der Waals surface area contributed by atoms with Crippen LogP contribution in [0.15, 0.2) is 48.7 Å². The quantitative estimate of drug-likeness (QED) is 0.608. The fourth-order valence-electron chi connectivity index (χ4n) is 5.27. The molecule has 2 aliphatic heterocycles. The van der Waals surface area contributed by atoms with Crippen LogP contribution >= 0.6 is 0 Å². The Labute approximate surface area is 200 Å². The van der Waals surface area contributed by atoms with E-state index in [1.165, 1.54) is 0 Å². The van der Waals surface area contributed by atoms with Gasteiger partial charge in [-0.3, -0.25) is 4.98 Å². The van der Waals surface area contributed by atoms with Gasteiger partial charge in [0, 0.05) is 80.4 Å². The van der Waals surface area contributed by atoms with Gasteiger partial charge in [0.05, 0.1) is 11.1 Å². The first-order valence-corrected chi connectivity index (χ1v) is 12.1. The van der Waals surface area contributed by atoms with Gasteiger partial charge in [0.15, 0.2) is 0 Å². The number of hydrogen-bond donors (Lipinski definition) is 2. The average molecular weight is 459 g/mol. The first-order chi connectivity index (χ1) is 16.6. The molecule has 2 fully saturated rings. The van der Waals surface area contributed by atoms with Crippen molar-refractivity contribution in [3.8, 4) is 6.07 Å². The van der Waals surface area contributed by atoms with Crippen molar-refractivity contribution in [3.05, 3.63) is 65.6 Å². The second kappa shape index (κ2) is 9.96. The highest BCUT2D eigenvalue weighted by Crippen LogP contribution is 2.31. The van der Waals surface area contributed by atoms with Crippen LogP contribution in [-0.4, -0.2) is 50.3 Å². The number of fused-ring (bicyclic) bond motifs is 1. The lowest BCUT2D eigenvalue weighted by Crippen LogP contribution is -2.48. The molecule has 0 radical (unpaired) electrons. The molecule has 0 amide bonds. The normalized spacial score (nSPS) is 21.0. The zero-order valence-electron chi connectivity index (χ0n) is 19.6. The lowest BCUT2D eigenvalue weighted by atomic mass is 9.94. The van der Waals surface area contributed by atoms with Crippen molar-refractivity contribution >= 4 is 22.3 Å². The van der Waals surface area contributed by atoms with Crippen molar-refractivity contribution in [1.82, 2.24) is 15.6 Å². The number of benzene rings is 2. The lowest BCUT2D eigenvalue weighted by molar-refractivity contribution is 0.348. The van der Waals surface area contributed by atoms with Crippen LogP contribution in [0, 0.1) is 23.1 Å². The SMILES string of the molecule is C[C@H]1C[C@@H](NCc2ccc(N3CCNCC3)cc2F)CN(c2ccc(C#N)c3ncccc23)C1. The van der Waals surface area contributed by atoms with Crippen LogP contribution in [-0.2, 0) is 6.54 Å². The minimum absolute atomic E-state index is 0.145. The summed E-state index contributed by atoms with van der Waals surface area (Å²) in [6.07, 6.45) is 2.78. The fourth-order valence-corrected chi connectivity index (χ4v) is 5.27. The van der Waals surface area contributed by atoms with E-state index >= 15 is 0 Å². The largest absolute Gasteiger partial charge is 0.369 e. The van der Waals surface area contributed by atoms with Gasteiger partial charge in [-0.25, -0.2) is 4.39 Å². The molecule has 0 unspecified atom stereocenters. The highest BCUT2D eigenvalue weighted by atomic mass is 19.1. The topological polar surface area (TPSA) is 67.2 Å². The minimum atomic E-state index is -0.145. The molecule has 2 aliphatic rings. The number of nitriles is 1. The van der Waals surface area contributed by atoms with E-state index in [1.54, 1.807) is 12.3 Å². The summed E-state index contributed by atoms with van der Waals surface area (Å²) >= 11 is 0. The molecule has 3 aromatic rings. The summed E-state index contributed by atoms with van der Waals surface area (Å²) in [5.74, 6) is 0.349. The number of pyridine rings is 1. The molecular weight excluding hydrogens is 427 g/mol. The van der Waals surface area contributed by atoms with Crippen LogP contribution in [0.2, 0.25) is 0 Å². The van der Waals surface area contributed by atoms with Crippen LogP contribution in [0.25, 0.3) is 10.9 Å². The third-order valence-corrected chi connectivity index (χ3v) is 6.97. The lowest BCUT2D eigenvalue weighted by Gasteiger charge is -2.39. The van der Waals surface area contributed by atoms with Gasteiger partial charge in [-0.05, 0) is 48.7 Å². The molecule has 0 spiro atoms. The molecule has 6 nitrogen and oxygen atoms in total. The maximum Gasteiger partial charge on any atom is 0.129 e. The van der Waals surface area contributed by atoms with E-state index in [9.17, 15) is 9.65 Å². The second-order valence-corrected chi connectivity index (χ2v) is 9.48. The number of nitrogens with one attached hydrogen (secondary N) is 2. The number of hydrogen-bond acceptors (Lipinski definition) is 6. The molecule has 5 rings (SSSR count). The maximum atomic E-state index is 14.9. The Morgan fingerprint density at radius 2 is 2.00 bits per heavy atom. The Morgan fingerprint density at radius 1 is 1.15 bits per heavy atom. The Kier molecular flexibility index (Phi) is 6.61. The minimum Gasteiger partial charge on any atom is -0.369 e. The molecule has 2 saturated heterocycles. The molecule has 0 aliphatic carbocycles. The third kappa shape index (κ3) is 4.70. The number of rotatable bonds is 5. The van der Waals surface area contributed by atoms with Crippen molar-refractivity contribution < 1.29 is 4.39 Å². The number of piperazine rings is 1. The predicted molar refractivity (Wildman–Crippen MR) is 135 cm³/mol. The molecular formula is C27H31FN6. The van der Waals surface area contributed by atoms with E-state index in [0.717, 1.165) is 68.0 Å². The fraction of sp³-hybridized carbons (Fsp3) is 0.407. The number of piperidine rings is 1. The second-order valence-electron chi connectivity index (χ2n) is 9.48. The molecule has 0 bridgehead atoms. The van der Waals surface area contributed by atoms with Crippen molar-refractivity contribution in [2.24, 2.45) is 5.92 Å². The smallest absolute Gasteiger partial charge is 0.129 e. The summed E-state index contributed by atoms with van der Waals surface area (Å²) in [4.78, 5) is 9.06. The van der Waals surface area contributed by atoms with Crippen molar-refractivity contribution in [2.75, 3.05) is 49.1 Å². The summed E-state index contributed by atoms with van der Waals surface area (Å²) < 4.78 is 14.9. The molecule has 34 heavy (non-hydrogen) atoms. The molecule has 2 atom stereocenters. The molecule has 3 heterocycles. The van der Waals surface area contributed by atoms with E-state index in [4.69, 9.17) is 0 Å². The van der Waals surface area contributed by atoms with Gasteiger partial charge in [0.1, 0.15) is 11.9 Å². The summed E-state index contributed by atoms with van der Waals surface area (Å²) in [6, 6.07) is 16.0. The number of nitrogens with zero attached hydrogens (tertiary/aromatic N) is 4. The Bertz CT molecular complexity index is 1200. The third-order valence-electron chi connectivity index (χ3n) is 6.97. The average Bonchev–Trinajstić information content (AvgIpc) is 2.87. The summed E-state index contributed by atoms with van der Waals surface area (Å²) in [5, 5.41) is 17.4. The number of aromatic nitrogens is 1. The Hall–Kier alpha value is -3.21. The van der Waals surface area contributed by atoms with Crippen LogP contribution in [0.3, 0.4) is 0 Å². The van der Waals surface area contributed by atoms with Gasteiger partial charge in [0.25, 0.3) is 0 Å². The van der Waals surface area contributed by atoms with Crippen molar-refractivity contribution in [3.63, 3.8) is 0 Å². The van der Waals surface area contributed by atoms with Crippen LogP contribution in [0.4, 0.5) is 15.8 Å². The van der Waals surface area contributed by atoms with E-state index in [2.05, 4.69) is 38.4 Å². The van der Waals surface area contributed by atoms with Gasteiger partial charge in [-0.1, -0.05) is 13.0 Å². The Balaban J connectivity index is 1.29. The molecule has 7 heteroatoms. The van der Waals surface area contributed by atoms with E-state index in [-0.39, 0.29) is 11.9 Å². The maximum absolute atomic E-state index is 14.9. The van der Waals surface area contributed by atoms with E-state index in [0.29, 0.717) is 23.6 Å². The van der Waals surface area contributed by atoms with Crippen LogP contribution in [0.5, 0.6) is 0 Å². The zero-order valence-corrected chi connectivity index (χ0v) is 19.6. The molecule has 2 N–H and O–H groups in total. The van der Waals surface area contributed by atoms with Crippen molar-refractivity contribution in [2.45, 2.75) is 25.9 Å². The van der Waals surface area contributed by atoms with E-state index in [1.807, 2.05) is 36.4 Å². The summed E-state index contributed by atoms with van der Waals surface area (Å²) in [6.45, 7) is 8.24. The highest BCUT2D eigenvalue weighted by molar-refractivity contribution is 5.95. The Morgan fingerprint density at radius 3 is 2.79 bits per heavy atom. The first kappa shape index (κ1) is 22.6. The number of anilines is 2. The predicted octanol–water partition coefficient (Wildman–Crippen LogP) is 3.66. The van der Waals surface area contributed by atoms with Crippen LogP contribution in [0.1, 0.15) is 24.5 Å². The van der Waals surface area contributed by atoms with Gasteiger partial charge in [-0.2, -0.15) is 5.26 Å². The summed E-state index contributed by atoms with van der Waals surface area (Å²) in [7, 11) is 0. The van der Waals surface area contributed by atoms with Gasteiger partial charge in [-0.15, -0.1) is 0 Å². The van der Waals surface area contributed by atoms with Gasteiger partial charge in [0.2, 0.25) is 0 Å². The van der Waals surface area contributed by atoms with Crippen molar-refractivity contribution in [1.29, 1.82) is 5.26 Å². The van der Waals surface area contributed by atoms with Crippen LogP contribution < -0.4 is 20.4 Å². The zero-order chi connectivity index (χ0) is 23.5. The monoisotopic (exact) mass is 458 g/mol. The standard InChI is InChI=1S/C27H31FN6/c1-19-13-22(32-16-21-4-6-23(14-25(21)28)33-11-9-30-10-12-33)18-34(17-19)26-7-5-20(15-29)27-24(26)3-2-8-31-27/h2-8,14,19,22,30,32H,9-13,16-18H2,1H3/t19-,22+/m0/s1. The molecule has 2 aromatic carbocycles. The van der Waals surface area contributed by atoms with Gasteiger partial charge >= 0.3 is 0 Å². The molecule has 0 saturated carbocycles. The van der Waals surface area contributed by atoms with Gasteiger partial charge < -0.3 is 20.4 Å². The highest BCUT2D eigenvalue weighted by Gasteiger charge is 2.26. The molecule has 1 aromatic heterocycles. The van der Waals surface area contributed by atoms with E-state index < -0.39 is 0 Å². The number of halogens is 1. The summed E-state index contributed by atoms with van der Waals surface area (Å²) in [5.41, 5.74) is 4.11. The molecule has 176 valence electrons. The first-order valence-electron chi connectivity index (χ1n) is 12.1.